The van der Waals surface area contributed by atoms with Crippen LogP contribution in [0.3, 0.4) is 0 Å². The fraction of sp³-hybridized carbons (Fsp3) is 0.421. The number of aromatic nitrogens is 1. The molecule has 0 saturated carbocycles. The summed E-state index contributed by atoms with van der Waals surface area (Å²) in [5.74, 6) is 1.49. The molecule has 0 amide bonds. The average molecular weight is 359 g/mol. The highest BCUT2D eigenvalue weighted by Crippen LogP contribution is 2.46. The third-order valence-electron chi connectivity index (χ3n) is 4.15. The van der Waals surface area contributed by atoms with Crippen LogP contribution in [0.5, 0.6) is 17.2 Å². The van der Waals surface area contributed by atoms with Gasteiger partial charge in [0.25, 0.3) is 0 Å². The maximum atomic E-state index is 9.88. The monoisotopic (exact) mass is 359 g/mol. The SMILES string of the molecule is CCCNCc1[nH]c(C#N)c(CO)c1-c1ccc(OC)c(OC)c1OC. The molecule has 0 bridgehead atoms. The molecule has 0 saturated heterocycles. The molecule has 3 N–H and O–H groups in total. The quantitative estimate of drug-likeness (QED) is 0.595. The highest BCUT2D eigenvalue weighted by atomic mass is 16.5. The number of nitrogens with zero attached hydrogens (tertiary/aromatic N) is 1. The molecule has 26 heavy (non-hydrogen) atoms. The third kappa shape index (κ3) is 3.62. The van der Waals surface area contributed by atoms with E-state index in [9.17, 15) is 10.4 Å². The molecule has 1 heterocycles. The lowest BCUT2D eigenvalue weighted by Gasteiger charge is -2.17. The van der Waals surface area contributed by atoms with E-state index in [1.807, 2.05) is 6.07 Å². The van der Waals surface area contributed by atoms with Crippen LogP contribution in [0.25, 0.3) is 11.1 Å². The summed E-state index contributed by atoms with van der Waals surface area (Å²) in [5.41, 5.74) is 3.15. The Kier molecular flexibility index (Phi) is 6.89. The number of aliphatic hydroxyl groups is 1. The first kappa shape index (κ1) is 19.6. The predicted molar refractivity (Wildman–Crippen MR) is 98.5 cm³/mol. The first-order valence-corrected chi connectivity index (χ1v) is 8.41. The van der Waals surface area contributed by atoms with Crippen LogP contribution in [0.2, 0.25) is 0 Å². The van der Waals surface area contributed by atoms with Gasteiger partial charge in [-0.3, -0.25) is 0 Å². The van der Waals surface area contributed by atoms with Gasteiger partial charge in [-0.25, -0.2) is 0 Å². The summed E-state index contributed by atoms with van der Waals surface area (Å²) < 4.78 is 16.4. The van der Waals surface area contributed by atoms with Crippen molar-refractivity contribution in [1.82, 2.24) is 10.3 Å². The molecule has 0 unspecified atom stereocenters. The number of hydrogen-bond donors (Lipinski definition) is 3. The second-order valence-corrected chi connectivity index (χ2v) is 5.66. The van der Waals surface area contributed by atoms with Crippen LogP contribution in [0, 0.1) is 11.3 Å². The minimum absolute atomic E-state index is 0.264. The van der Waals surface area contributed by atoms with E-state index in [1.165, 1.54) is 0 Å². The van der Waals surface area contributed by atoms with Gasteiger partial charge >= 0.3 is 0 Å². The fourth-order valence-corrected chi connectivity index (χ4v) is 3.00. The van der Waals surface area contributed by atoms with Crippen molar-refractivity contribution in [2.45, 2.75) is 26.5 Å². The Bertz CT molecular complexity index is 793. The number of methoxy groups -OCH3 is 3. The van der Waals surface area contributed by atoms with Gasteiger partial charge in [0.15, 0.2) is 11.5 Å². The molecule has 0 aliphatic heterocycles. The third-order valence-corrected chi connectivity index (χ3v) is 4.15. The number of H-pyrrole nitrogens is 1. The van der Waals surface area contributed by atoms with Crippen LogP contribution in [0.1, 0.15) is 30.3 Å². The number of aromatic amines is 1. The van der Waals surface area contributed by atoms with Crippen LogP contribution in [-0.2, 0) is 13.2 Å². The van der Waals surface area contributed by atoms with Crippen LogP contribution in [-0.4, -0.2) is 38.0 Å². The lowest BCUT2D eigenvalue weighted by molar-refractivity contribution is 0.282. The van der Waals surface area contributed by atoms with E-state index in [1.54, 1.807) is 27.4 Å². The zero-order valence-electron chi connectivity index (χ0n) is 15.6. The van der Waals surface area contributed by atoms with E-state index < -0.39 is 0 Å². The van der Waals surface area contributed by atoms with Gasteiger partial charge in [0.1, 0.15) is 11.8 Å². The van der Waals surface area contributed by atoms with Gasteiger partial charge in [-0.1, -0.05) is 6.92 Å². The van der Waals surface area contributed by atoms with Crippen LogP contribution in [0.15, 0.2) is 12.1 Å². The summed E-state index contributed by atoms with van der Waals surface area (Å²) in [4.78, 5) is 3.11. The Labute approximate surface area is 153 Å². The number of rotatable bonds is 9. The average Bonchev–Trinajstić information content (AvgIpc) is 3.04. The molecule has 0 atom stereocenters. The minimum Gasteiger partial charge on any atom is -0.493 e. The summed E-state index contributed by atoms with van der Waals surface area (Å²) in [6.45, 7) is 3.20. The van der Waals surface area contributed by atoms with E-state index in [0.29, 0.717) is 35.1 Å². The maximum Gasteiger partial charge on any atom is 0.203 e. The molecule has 140 valence electrons. The smallest absolute Gasteiger partial charge is 0.203 e. The molecule has 0 aliphatic rings. The molecule has 2 aromatic rings. The number of benzene rings is 1. The van der Waals surface area contributed by atoms with E-state index in [-0.39, 0.29) is 6.61 Å². The maximum absolute atomic E-state index is 9.88. The second kappa shape index (κ2) is 9.13. The van der Waals surface area contributed by atoms with Crippen molar-refractivity contribution in [2.24, 2.45) is 0 Å². The Balaban J connectivity index is 2.70. The zero-order chi connectivity index (χ0) is 19.1. The molecule has 7 nitrogen and oxygen atoms in total. The van der Waals surface area contributed by atoms with E-state index in [2.05, 4.69) is 23.3 Å². The first-order chi connectivity index (χ1) is 12.7. The first-order valence-electron chi connectivity index (χ1n) is 8.41. The fourth-order valence-electron chi connectivity index (χ4n) is 3.00. The van der Waals surface area contributed by atoms with Crippen molar-refractivity contribution in [2.75, 3.05) is 27.9 Å². The molecule has 7 heteroatoms. The van der Waals surface area contributed by atoms with Gasteiger partial charge in [0.05, 0.1) is 27.9 Å². The van der Waals surface area contributed by atoms with Gasteiger partial charge in [0.2, 0.25) is 5.75 Å². The summed E-state index contributed by atoms with van der Waals surface area (Å²) >= 11 is 0. The lowest BCUT2D eigenvalue weighted by atomic mass is 9.98. The van der Waals surface area contributed by atoms with Crippen molar-refractivity contribution in [1.29, 1.82) is 5.26 Å². The van der Waals surface area contributed by atoms with Crippen LogP contribution in [0.4, 0.5) is 0 Å². The van der Waals surface area contributed by atoms with Crippen molar-refractivity contribution >= 4 is 0 Å². The summed E-state index contributed by atoms with van der Waals surface area (Å²) in [7, 11) is 4.64. The van der Waals surface area contributed by atoms with Crippen LogP contribution >= 0.6 is 0 Å². The van der Waals surface area contributed by atoms with Crippen molar-refractivity contribution in [3.8, 4) is 34.4 Å². The Morgan fingerprint density at radius 1 is 1.15 bits per heavy atom. The van der Waals surface area contributed by atoms with Gasteiger partial charge in [-0.05, 0) is 25.1 Å². The number of aliphatic hydroxyl groups excluding tert-OH is 1. The Morgan fingerprint density at radius 3 is 2.42 bits per heavy atom. The summed E-state index contributed by atoms with van der Waals surface area (Å²) in [6, 6.07) is 5.73. The Hall–Kier alpha value is -2.69. The second-order valence-electron chi connectivity index (χ2n) is 5.66. The van der Waals surface area contributed by atoms with Crippen LogP contribution < -0.4 is 19.5 Å². The number of hydrogen-bond acceptors (Lipinski definition) is 6. The zero-order valence-corrected chi connectivity index (χ0v) is 15.6. The topological polar surface area (TPSA) is 99.5 Å². The van der Waals surface area contributed by atoms with Gasteiger partial charge in [-0.2, -0.15) is 5.26 Å². The van der Waals surface area contributed by atoms with Crippen molar-refractivity contribution < 1.29 is 19.3 Å². The molecule has 0 aliphatic carbocycles. The lowest BCUT2D eigenvalue weighted by Crippen LogP contribution is -2.14. The molecule has 0 fully saturated rings. The van der Waals surface area contributed by atoms with Gasteiger partial charge in [0, 0.05) is 28.9 Å². The van der Waals surface area contributed by atoms with Crippen molar-refractivity contribution in [3.05, 3.63) is 29.1 Å². The van der Waals surface area contributed by atoms with E-state index >= 15 is 0 Å². The summed E-state index contributed by atoms with van der Waals surface area (Å²) in [6.07, 6.45) is 0.994. The number of ether oxygens (including phenoxy) is 3. The van der Waals surface area contributed by atoms with Gasteiger partial charge < -0.3 is 29.6 Å². The largest absolute Gasteiger partial charge is 0.493 e. The van der Waals surface area contributed by atoms with Gasteiger partial charge in [-0.15, -0.1) is 0 Å². The minimum atomic E-state index is -0.264. The summed E-state index contributed by atoms with van der Waals surface area (Å²) in [5, 5.41) is 22.6. The molecule has 1 aromatic heterocycles. The van der Waals surface area contributed by atoms with E-state index in [0.717, 1.165) is 29.8 Å². The number of nitriles is 1. The number of nitrogens with one attached hydrogen (secondary N) is 2. The highest BCUT2D eigenvalue weighted by molar-refractivity contribution is 5.81. The molecule has 1 aromatic carbocycles. The molecule has 0 spiro atoms. The van der Waals surface area contributed by atoms with E-state index in [4.69, 9.17) is 14.2 Å². The van der Waals surface area contributed by atoms with Crippen molar-refractivity contribution in [3.63, 3.8) is 0 Å². The standard InChI is InChI=1S/C19H25N3O4/c1-5-8-21-10-15-17(13(11-23)14(9-20)22-15)12-6-7-16(24-2)19(26-4)18(12)25-3/h6-7,21-23H,5,8,10-11H2,1-4H3. The molecule has 0 radical (unpaired) electrons. The molecule has 2 rings (SSSR count). The Morgan fingerprint density at radius 2 is 1.88 bits per heavy atom. The highest BCUT2D eigenvalue weighted by Gasteiger charge is 2.24. The normalized spacial score (nSPS) is 10.5. The molecular weight excluding hydrogens is 334 g/mol. The molecular formula is C19H25N3O4. The predicted octanol–water partition coefficient (Wildman–Crippen LogP) is 2.57.